The number of carbonyl (C=O) groups excluding carboxylic acids is 1. The number of hydrogen-bond acceptors (Lipinski definition) is 5. The molecule has 28 heavy (non-hydrogen) atoms. The first-order chi connectivity index (χ1) is 13.7. The van der Waals surface area contributed by atoms with E-state index in [9.17, 15) is 4.79 Å². The topological polar surface area (TPSA) is 51.2 Å². The molecule has 148 valence electrons. The van der Waals surface area contributed by atoms with Crippen molar-refractivity contribution < 1.29 is 19.0 Å². The minimum absolute atomic E-state index is 0.00585. The average Bonchev–Trinajstić information content (AvgIpc) is 2.73. The fourth-order valence-corrected chi connectivity index (χ4v) is 3.58. The smallest absolute Gasteiger partial charge is 0.260 e. The fraction of sp³-hybridized carbons (Fsp3) is 0.381. The van der Waals surface area contributed by atoms with Crippen LogP contribution >= 0.6 is 11.6 Å². The van der Waals surface area contributed by atoms with Crippen molar-refractivity contribution in [3.63, 3.8) is 0 Å². The second-order valence-corrected chi connectivity index (χ2v) is 7.26. The fourth-order valence-electron chi connectivity index (χ4n) is 3.39. The third kappa shape index (κ3) is 4.51. The number of amides is 1. The van der Waals surface area contributed by atoms with Crippen LogP contribution < -0.4 is 14.2 Å². The Hall–Kier alpha value is -2.44. The highest BCUT2D eigenvalue weighted by molar-refractivity contribution is 6.32. The second kappa shape index (κ2) is 8.71. The Kier molecular flexibility index (Phi) is 5.88. The quantitative estimate of drug-likeness (QED) is 0.769. The Balaban J connectivity index is 1.25. The van der Waals surface area contributed by atoms with Crippen LogP contribution in [0.15, 0.2) is 42.5 Å². The van der Waals surface area contributed by atoms with E-state index < -0.39 is 0 Å². The maximum Gasteiger partial charge on any atom is 0.260 e. The Labute approximate surface area is 169 Å². The highest BCUT2D eigenvalue weighted by Gasteiger charge is 2.22. The Morgan fingerprint density at radius 2 is 1.75 bits per heavy atom. The van der Waals surface area contributed by atoms with Crippen LogP contribution in [0.4, 0.5) is 0 Å². The van der Waals surface area contributed by atoms with Gasteiger partial charge in [0.15, 0.2) is 18.1 Å². The van der Waals surface area contributed by atoms with Gasteiger partial charge in [-0.2, -0.15) is 0 Å². The summed E-state index contributed by atoms with van der Waals surface area (Å²) in [6, 6.07) is 13.3. The minimum Gasteiger partial charge on any atom is -0.486 e. The molecule has 2 aliphatic heterocycles. The SMILES string of the molecule is O=C(COc1ccccc1Cl)N1CCN(Cc2ccc3c(c2)OCCO3)CC1. The molecule has 0 spiro atoms. The van der Waals surface area contributed by atoms with Crippen molar-refractivity contribution in [2.24, 2.45) is 0 Å². The van der Waals surface area contributed by atoms with E-state index in [1.54, 1.807) is 12.1 Å². The van der Waals surface area contributed by atoms with Crippen LogP contribution in [-0.2, 0) is 11.3 Å². The van der Waals surface area contributed by atoms with Crippen molar-refractivity contribution in [1.29, 1.82) is 0 Å². The van der Waals surface area contributed by atoms with Crippen LogP contribution in [0.3, 0.4) is 0 Å². The zero-order valence-electron chi connectivity index (χ0n) is 15.6. The van der Waals surface area contributed by atoms with Gasteiger partial charge >= 0.3 is 0 Å². The van der Waals surface area contributed by atoms with Gasteiger partial charge < -0.3 is 19.1 Å². The maximum absolute atomic E-state index is 12.4. The number of fused-ring (bicyclic) bond motifs is 1. The summed E-state index contributed by atoms with van der Waals surface area (Å²) in [7, 11) is 0. The number of carbonyl (C=O) groups is 1. The monoisotopic (exact) mass is 402 g/mol. The molecular weight excluding hydrogens is 380 g/mol. The molecule has 0 atom stereocenters. The number of nitrogens with zero attached hydrogens (tertiary/aromatic N) is 2. The van der Waals surface area contributed by atoms with Gasteiger partial charge in [-0.1, -0.05) is 29.8 Å². The maximum atomic E-state index is 12.4. The Morgan fingerprint density at radius 3 is 2.54 bits per heavy atom. The molecule has 2 heterocycles. The van der Waals surface area contributed by atoms with Gasteiger partial charge in [0.25, 0.3) is 5.91 Å². The first-order valence-electron chi connectivity index (χ1n) is 9.45. The zero-order valence-corrected chi connectivity index (χ0v) is 16.4. The molecule has 0 aromatic heterocycles. The van der Waals surface area contributed by atoms with E-state index >= 15 is 0 Å². The van der Waals surface area contributed by atoms with Crippen LogP contribution in [0.5, 0.6) is 17.2 Å². The summed E-state index contributed by atoms with van der Waals surface area (Å²) in [6.45, 7) is 5.06. The average molecular weight is 403 g/mol. The van der Waals surface area contributed by atoms with Gasteiger partial charge in [-0.3, -0.25) is 9.69 Å². The Bertz CT molecular complexity index is 837. The van der Waals surface area contributed by atoms with Crippen LogP contribution in [0.25, 0.3) is 0 Å². The molecule has 7 heteroatoms. The van der Waals surface area contributed by atoms with Gasteiger partial charge in [0, 0.05) is 32.7 Å². The van der Waals surface area contributed by atoms with Crippen LogP contribution in [-0.4, -0.2) is 61.7 Å². The molecule has 0 bridgehead atoms. The first kappa shape index (κ1) is 18.9. The van der Waals surface area contributed by atoms with E-state index in [4.69, 9.17) is 25.8 Å². The molecule has 1 amide bonds. The van der Waals surface area contributed by atoms with E-state index in [1.165, 1.54) is 5.56 Å². The summed E-state index contributed by atoms with van der Waals surface area (Å²) in [5, 5.41) is 0.513. The molecule has 0 saturated carbocycles. The van der Waals surface area contributed by atoms with Crippen molar-refractivity contribution in [1.82, 2.24) is 9.80 Å². The van der Waals surface area contributed by atoms with E-state index in [0.717, 1.165) is 31.1 Å². The van der Waals surface area contributed by atoms with Crippen LogP contribution in [0.2, 0.25) is 5.02 Å². The third-order valence-electron chi connectivity index (χ3n) is 4.93. The van der Waals surface area contributed by atoms with Gasteiger partial charge in [0.05, 0.1) is 5.02 Å². The van der Waals surface area contributed by atoms with Gasteiger partial charge in [-0.05, 0) is 29.8 Å². The number of benzene rings is 2. The molecule has 2 aromatic carbocycles. The molecule has 0 radical (unpaired) electrons. The van der Waals surface area contributed by atoms with Crippen molar-refractivity contribution in [3.8, 4) is 17.2 Å². The van der Waals surface area contributed by atoms with Gasteiger partial charge in [-0.15, -0.1) is 0 Å². The summed E-state index contributed by atoms with van der Waals surface area (Å²) >= 11 is 6.06. The molecular formula is C21H23ClN2O4. The van der Waals surface area contributed by atoms with Crippen molar-refractivity contribution in [2.45, 2.75) is 6.54 Å². The van der Waals surface area contributed by atoms with Gasteiger partial charge in [0.1, 0.15) is 19.0 Å². The van der Waals surface area contributed by atoms with E-state index in [1.807, 2.05) is 29.2 Å². The number of rotatable bonds is 5. The molecule has 4 rings (SSSR count). The molecule has 2 aromatic rings. The molecule has 0 N–H and O–H groups in total. The van der Waals surface area contributed by atoms with Crippen molar-refractivity contribution >= 4 is 17.5 Å². The van der Waals surface area contributed by atoms with Gasteiger partial charge in [-0.25, -0.2) is 0 Å². The number of hydrogen-bond donors (Lipinski definition) is 0. The van der Waals surface area contributed by atoms with Crippen LogP contribution in [0.1, 0.15) is 5.56 Å². The third-order valence-corrected chi connectivity index (χ3v) is 5.24. The normalized spacial score (nSPS) is 16.7. The summed E-state index contributed by atoms with van der Waals surface area (Å²) in [4.78, 5) is 16.6. The molecule has 1 saturated heterocycles. The molecule has 1 fully saturated rings. The van der Waals surface area contributed by atoms with E-state index in [0.29, 0.717) is 37.1 Å². The highest BCUT2D eigenvalue weighted by Crippen LogP contribution is 2.31. The molecule has 6 nitrogen and oxygen atoms in total. The number of para-hydroxylation sites is 1. The Morgan fingerprint density at radius 1 is 1.00 bits per heavy atom. The summed E-state index contributed by atoms with van der Waals surface area (Å²) < 4.78 is 16.8. The summed E-state index contributed by atoms with van der Waals surface area (Å²) in [6.07, 6.45) is 0. The molecule has 2 aliphatic rings. The lowest BCUT2D eigenvalue weighted by molar-refractivity contribution is -0.135. The van der Waals surface area contributed by atoms with Crippen molar-refractivity contribution in [2.75, 3.05) is 46.0 Å². The van der Waals surface area contributed by atoms with E-state index in [-0.39, 0.29) is 12.5 Å². The lowest BCUT2D eigenvalue weighted by Crippen LogP contribution is -2.49. The van der Waals surface area contributed by atoms with Crippen molar-refractivity contribution in [3.05, 3.63) is 53.1 Å². The van der Waals surface area contributed by atoms with Gasteiger partial charge in [0.2, 0.25) is 0 Å². The number of halogens is 1. The lowest BCUT2D eigenvalue weighted by atomic mass is 10.1. The molecule has 0 aliphatic carbocycles. The lowest BCUT2D eigenvalue weighted by Gasteiger charge is -2.34. The highest BCUT2D eigenvalue weighted by atomic mass is 35.5. The first-order valence-corrected chi connectivity index (χ1v) is 9.83. The number of ether oxygens (including phenoxy) is 3. The zero-order chi connectivity index (χ0) is 19.3. The predicted octanol–water partition coefficient (Wildman–Crippen LogP) is 2.83. The molecule has 0 unspecified atom stereocenters. The van der Waals surface area contributed by atoms with E-state index in [2.05, 4.69) is 11.0 Å². The second-order valence-electron chi connectivity index (χ2n) is 6.85. The standard InChI is InChI=1S/C21H23ClN2O4/c22-17-3-1-2-4-18(17)28-15-21(25)24-9-7-23(8-10-24)14-16-5-6-19-20(13-16)27-12-11-26-19/h1-6,13H,7-12,14-15H2. The largest absolute Gasteiger partial charge is 0.486 e. The summed E-state index contributed by atoms with van der Waals surface area (Å²) in [5.74, 6) is 2.15. The van der Waals surface area contributed by atoms with Crippen LogP contribution in [0, 0.1) is 0 Å². The minimum atomic E-state index is -0.0149. The number of piperazine rings is 1. The predicted molar refractivity (Wildman–Crippen MR) is 106 cm³/mol. The summed E-state index contributed by atoms with van der Waals surface area (Å²) in [5.41, 5.74) is 1.19.